The lowest BCUT2D eigenvalue weighted by Gasteiger charge is -2.32. The van der Waals surface area contributed by atoms with Gasteiger partial charge >= 0.3 is 0 Å². The highest BCUT2D eigenvalue weighted by Gasteiger charge is 2.42. The van der Waals surface area contributed by atoms with E-state index in [1.54, 1.807) is 0 Å². The fraction of sp³-hybridized carbons (Fsp3) is 0.364. The molecule has 0 bridgehead atoms. The normalized spacial score (nSPS) is 15.6. The maximum atomic E-state index is 15.1. The molecule has 2 aliphatic heterocycles. The highest BCUT2D eigenvalue weighted by molar-refractivity contribution is 6.33. The van der Waals surface area contributed by atoms with Gasteiger partial charge in [0.1, 0.15) is 11.6 Å². The van der Waals surface area contributed by atoms with E-state index in [0.29, 0.717) is 25.7 Å². The Labute approximate surface area is 171 Å². The number of carbonyl (C=O) groups excluding carboxylic acids is 4. The Morgan fingerprint density at radius 3 is 1.37 bits per heavy atom. The fourth-order valence-electron chi connectivity index (χ4n) is 4.11. The lowest BCUT2D eigenvalue weighted by atomic mass is 9.85. The molecule has 6 nitrogen and oxygen atoms in total. The Kier molecular flexibility index (Phi) is 4.88. The van der Waals surface area contributed by atoms with E-state index in [1.807, 2.05) is 13.8 Å². The number of rotatable bonds is 6. The zero-order valence-electron chi connectivity index (χ0n) is 16.7. The summed E-state index contributed by atoms with van der Waals surface area (Å²) < 4.78 is 30.1. The maximum absolute atomic E-state index is 15.1. The molecule has 0 spiro atoms. The van der Waals surface area contributed by atoms with Crippen LogP contribution in [-0.2, 0) is 0 Å². The summed E-state index contributed by atoms with van der Waals surface area (Å²) in [6.45, 7) is 3.89. The third kappa shape index (κ3) is 2.66. The predicted octanol–water partition coefficient (Wildman–Crippen LogP) is 3.91. The largest absolute Gasteiger partial charge is 0.274 e. The second kappa shape index (κ2) is 7.27. The van der Waals surface area contributed by atoms with Crippen molar-refractivity contribution in [2.24, 2.45) is 0 Å². The number of imide groups is 2. The molecule has 0 aliphatic carbocycles. The molecule has 0 saturated carbocycles. The molecule has 30 heavy (non-hydrogen) atoms. The van der Waals surface area contributed by atoms with Crippen LogP contribution < -0.4 is 0 Å². The van der Waals surface area contributed by atoms with E-state index in [9.17, 15) is 19.2 Å². The molecule has 0 unspecified atom stereocenters. The highest BCUT2D eigenvalue weighted by Crippen LogP contribution is 2.40. The van der Waals surface area contributed by atoms with Crippen LogP contribution in [0, 0.1) is 11.6 Å². The van der Waals surface area contributed by atoms with Crippen molar-refractivity contribution in [1.82, 2.24) is 9.80 Å². The first-order chi connectivity index (χ1) is 14.3. The summed E-state index contributed by atoms with van der Waals surface area (Å²) in [7, 11) is 0. The van der Waals surface area contributed by atoms with Crippen molar-refractivity contribution in [3.05, 3.63) is 46.0 Å². The van der Waals surface area contributed by atoms with Crippen molar-refractivity contribution in [3.63, 3.8) is 0 Å². The van der Waals surface area contributed by atoms with Crippen LogP contribution in [0.5, 0.6) is 0 Å². The number of unbranched alkanes of at least 4 members (excludes halogenated alkanes) is 2. The minimum Gasteiger partial charge on any atom is -0.274 e. The minimum atomic E-state index is -0.964. The summed E-state index contributed by atoms with van der Waals surface area (Å²) in [6.07, 6.45) is 2.43. The number of nitrogens with zero attached hydrogens (tertiary/aromatic N) is 2. The van der Waals surface area contributed by atoms with Gasteiger partial charge in [-0.1, -0.05) is 26.7 Å². The summed E-state index contributed by atoms with van der Waals surface area (Å²) >= 11 is 0. The molecule has 156 valence electrons. The third-order valence-electron chi connectivity index (χ3n) is 5.65. The molecule has 0 saturated heterocycles. The summed E-state index contributed by atoms with van der Waals surface area (Å²) in [4.78, 5) is 53.4. The molecule has 0 aromatic heterocycles. The molecule has 2 aromatic carbocycles. The van der Waals surface area contributed by atoms with Crippen molar-refractivity contribution in [3.8, 4) is 0 Å². The van der Waals surface area contributed by atoms with Crippen molar-refractivity contribution >= 4 is 34.4 Å². The second-order valence-electron chi connectivity index (χ2n) is 7.54. The van der Waals surface area contributed by atoms with Gasteiger partial charge in [0, 0.05) is 23.9 Å². The van der Waals surface area contributed by atoms with Gasteiger partial charge in [-0.25, -0.2) is 8.78 Å². The molecule has 2 aliphatic rings. The Bertz CT molecular complexity index is 1050. The minimum absolute atomic E-state index is 0.0717. The first-order valence-electron chi connectivity index (χ1n) is 10.0. The van der Waals surface area contributed by atoms with E-state index in [0.717, 1.165) is 21.9 Å². The number of benzene rings is 2. The summed E-state index contributed by atoms with van der Waals surface area (Å²) in [5.74, 6) is -5.11. The van der Waals surface area contributed by atoms with E-state index in [2.05, 4.69) is 0 Å². The van der Waals surface area contributed by atoms with E-state index in [1.165, 1.54) is 0 Å². The molecular weight excluding hydrogens is 394 g/mol. The Balaban J connectivity index is 2.02. The first kappa shape index (κ1) is 20.1. The van der Waals surface area contributed by atoms with Crippen LogP contribution in [0.4, 0.5) is 8.78 Å². The molecule has 0 fully saturated rings. The molecule has 0 radical (unpaired) electrons. The maximum Gasteiger partial charge on any atom is 0.264 e. The Hall–Kier alpha value is -3.16. The van der Waals surface area contributed by atoms with Gasteiger partial charge in [0.25, 0.3) is 23.6 Å². The molecule has 4 rings (SSSR count). The average Bonchev–Trinajstić information content (AvgIpc) is 2.71. The zero-order chi connectivity index (χ0) is 21.7. The zero-order valence-corrected chi connectivity index (χ0v) is 16.7. The smallest absolute Gasteiger partial charge is 0.264 e. The van der Waals surface area contributed by atoms with Gasteiger partial charge in [0.05, 0.1) is 22.3 Å². The van der Waals surface area contributed by atoms with Crippen LogP contribution in [0.1, 0.15) is 81.0 Å². The standard InChI is InChI=1S/C22H20F2N2O4/c1-3-5-7-25-19(27)11-9-14(24)18-16-12(10-13(23)17(15(11)16)21(25)29)20(28)26(22(18)30)8-6-4-2/h9-10H,3-8H2,1-2H3. The van der Waals surface area contributed by atoms with E-state index >= 15 is 8.78 Å². The van der Waals surface area contributed by atoms with Crippen molar-refractivity contribution in [2.45, 2.75) is 39.5 Å². The number of halogens is 2. The van der Waals surface area contributed by atoms with E-state index in [-0.39, 0.29) is 35.0 Å². The van der Waals surface area contributed by atoms with Gasteiger partial charge in [0.2, 0.25) is 0 Å². The Morgan fingerprint density at radius 1 is 0.667 bits per heavy atom. The first-order valence-corrected chi connectivity index (χ1v) is 10.0. The van der Waals surface area contributed by atoms with Crippen LogP contribution >= 0.6 is 0 Å². The summed E-state index contributed by atoms with van der Waals surface area (Å²) in [5, 5.41) is -0.304. The van der Waals surface area contributed by atoms with Crippen molar-refractivity contribution in [1.29, 1.82) is 0 Å². The van der Waals surface area contributed by atoms with Crippen LogP contribution in [0.2, 0.25) is 0 Å². The molecule has 0 N–H and O–H groups in total. The number of carbonyl (C=O) groups is 4. The summed E-state index contributed by atoms with van der Waals surface area (Å²) in [5.41, 5.74) is -1.22. The van der Waals surface area contributed by atoms with Gasteiger partial charge in [-0.05, 0) is 25.0 Å². The van der Waals surface area contributed by atoms with E-state index in [4.69, 9.17) is 0 Å². The quantitative estimate of drug-likeness (QED) is 0.672. The van der Waals surface area contributed by atoms with Crippen LogP contribution in [-0.4, -0.2) is 46.5 Å². The van der Waals surface area contributed by atoms with Crippen LogP contribution in [0.3, 0.4) is 0 Å². The molecular formula is C22H20F2N2O4. The second-order valence-corrected chi connectivity index (χ2v) is 7.54. The van der Waals surface area contributed by atoms with E-state index < -0.39 is 46.4 Å². The molecule has 2 aromatic rings. The molecule has 4 amide bonds. The number of hydrogen-bond donors (Lipinski definition) is 0. The molecule has 0 atom stereocenters. The SMILES string of the molecule is CCCCN1C(=O)c2cc(F)c3c4c(cc(F)c(c24)C1=O)C(=O)N(CCCC)C3=O. The lowest BCUT2D eigenvalue weighted by molar-refractivity contribution is 0.0581. The number of amides is 4. The molecule has 2 heterocycles. The van der Waals surface area contributed by atoms with Gasteiger partial charge in [-0.2, -0.15) is 0 Å². The van der Waals surface area contributed by atoms with Gasteiger partial charge in [0.15, 0.2) is 0 Å². The van der Waals surface area contributed by atoms with Crippen LogP contribution in [0.25, 0.3) is 10.8 Å². The van der Waals surface area contributed by atoms with Crippen molar-refractivity contribution < 1.29 is 28.0 Å². The topological polar surface area (TPSA) is 74.8 Å². The summed E-state index contributed by atoms with van der Waals surface area (Å²) in [6, 6.07) is 1.76. The lowest BCUT2D eigenvalue weighted by Crippen LogP contribution is -2.44. The Morgan fingerprint density at radius 2 is 1.03 bits per heavy atom. The van der Waals surface area contributed by atoms with Crippen molar-refractivity contribution in [2.75, 3.05) is 13.1 Å². The van der Waals surface area contributed by atoms with Gasteiger partial charge < -0.3 is 0 Å². The highest BCUT2D eigenvalue weighted by atomic mass is 19.1. The van der Waals surface area contributed by atoms with Gasteiger partial charge in [-0.15, -0.1) is 0 Å². The number of hydrogen-bond acceptors (Lipinski definition) is 4. The third-order valence-corrected chi connectivity index (χ3v) is 5.65. The van der Waals surface area contributed by atoms with Crippen LogP contribution in [0.15, 0.2) is 12.1 Å². The van der Waals surface area contributed by atoms with Gasteiger partial charge in [-0.3, -0.25) is 29.0 Å². The average molecular weight is 414 g/mol. The molecule has 8 heteroatoms. The predicted molar refractivity (Wildman–Crippen MR) is 104 cm³/mol. The fourth-order valence-corrected chi connectivity index (χ4v) is 4.11. The monoisotopic (exact) mass is 414 g/mol.